The summed E-state index contributed by atoms with van der Waals surface area (Å²) in [6.45, 7) is 2.08. The zero-order chi connectivity index (χ0) is 8.10. The third-order valence-electron chi connectivity index (χ3n) is 1.63. The van der Waals surface area contributed by atoms with Crippen molar-refractivity contribution in [3.8, 4) is 6.07 Å². The minimum Gasteiger partial charge on any atom is -0.250 e. The van der Waals surface area contributed by atoms with Crippen molar-refractivity contribution in [2.75, 3.05) is 0 Å². The lowest BCUT2D eigenvalue weighted by atomic mass is 10.1. The van der Waals surface area contributed by atoms with Gasteiger partial charge in [-0.05, 0) is 12.5 Å². The molecule has 0 spiro atoms. The topological polar surface area (TPSA) is 36.1 Å². The monoisotopic (exact) mass is 146 g/mol. The van der Waals surface area contributed by atoms with Crippen LogP contribution in [0.2, 0.25) is 0 Å². The predicted octanol–water partition coefficient (Wildman–Crippen LogP) is 2.20. The van der Waals surface area contributed by atoms with Gasteiger partial charge in [0.25, 0.3) is 0 Å². The van der Waals surface area contributed by atoms with E-state index in [1.54, 1.807) is 6.20 Å². The molecule has 0 saturated carbocycles. The van der Waals surface area contributed by atoms with E-state index >= 15 is 0 Å². The molecule has 0 aromatic carbocycles. The lowest BCUT2D eigenvalue weighted by Gasteiger charge is -1.97. The average molecular weight is 146 g/mol. The van der Waals surface area contributed by atoms with Crippen LogP contribution in [-0.2, 0) is 0 Å². The molecule has 1 heterocycles. The van der Waals surface area contributed by atoms with Crippen LogP contribution in [0.3, 0.4) is 0 Å². The van der Waals surface area contributed by atoms with E-state index < -0.39 is 0 Å². The van der Waals surface area contributed by atoms with Crippen LogP contribution < -0.4 is 0 Å². The molecule has 0 aliphatic carbocycles. The van der Waals surface area contributed by atoms with Gasteiger partial charge in [0.1, 0.15) is 11.8 Å². The van der Waals surface area contributed by atoms with Crippen LogP contribution in [0, 0.1) is 11.3 Å². The number of nitriles is 1. The van der Waals surface area contributed by atoms with E-state index in [4.69, 9.17) is 5.26 Å². The van der Waals surface area contributed by atoms with Crippen LogP contribution in [0.25, 0.3) is 0 Å². The van der Waals surface area contributed by atoms with E-state index in [-0.39, 0.29) is 0 Å². The number of hydrogen-bond donors (Lipinski definition) is 0. The molecular formula is C9H10N2. The number of hydrogen-bond acceptors (Lipinski definition) is 2. The van der Waals surface area contributed by atoms with Gasteiger partial charge >= 0.3 is 0 Å². The van der Waals surface area contributed by atoms with Gasteiger partial charge in [-0.15, -0.1) is 0 Å². The molecule has 0 aromatic heterocycles. The Morgan fingerprint density at radius 3 is 3.18 bits per heavy atom. The van der Waals surface area contributed by atoms with Crippen molar-refractivity contribution >= 4 is 5.71 Å². The van der Waals surface area contributed by atoms with E-state index in [2.05, 4.69) is 18.0 Å². The summed E-state index contributed by atoms with van der Waals surface area (Å²) < 4.78 is 0. The van der Waals surface area contributed by atoms with Crippen molar-refractivity contribution in [1.29, 1.82) is 5.26 Å². The minimum atomic E-state index is 0.604. The van der Waals surface area contributed by atoms with Gasteiger partial charge in [-0.3, -0.25) is 0 Å². The van der Waals surface area contributed by atoms with Gasteiger partial charge in [-0.25, -0.2) is 4.99 Å². The Morgan fingerprint density at radius 2 is 2.55 bits per heavy atom. The normalized spacial score (nSPS) is 16.4. The molecule has 0 N–H and O–H groups in total. The SMILES string of the molecule is CCC1=CC=CN=C(C#N)C1. The second kappa shape index (κ2) is 3.72. The van der Waals surface area contributed by atoms with Gasteiger partial charge in [0.05, 0.1) is 0 Å². The Morgan fingerprint density at radius 1 is 1.73 bits per heavy atom. The molecule has 2 heteroatoms. The fourth-order valence-corrected chi connectivity index (χ4v) is 0.943. The lowest BCUT2D eigenvalue weighted by Crippen LogP contribution is -1.94. The molecule has 0 bridgehead atoms. The predicted molar refractivity (Wildman–Crippen MR) is 45.2 cm³/mol. The van der Waals surface area contributed by atoms with Crippen molar-refractivity contribution in [2.24, 2.45) is 4.99 Å². The van der Waals surface area contributed by atoms with E-state index in [0.717, 1.165) is 6.42 Å². The van der Waals surface area contributed by atoms with Gasteiger partial charge < -0.3 is 0 Å². The number of nitrogens with zero attached hydrogens (tertiary/aromatic N) is 2. The highest BCUT2D eigenvalue weighted by Gasteiger charge is 2.01. The van der Waals surface area contributed by atoms with Gasteiger partial charge in [0.2, 0.25) is 0 Å². The summed E-state index contributed by atoms with van der Waals surface area (Å²) in [6, 6.07) is 2.07. The van der Waals surface area contributed by atoms with Crippen LogP contribution >= 0.6 is 0 Å². The first-order chi connectivity index (χ1) is 5.36. The van der Waals surface area contributed by atoms with Crippen molar-refractivity contribution < 1.29 is 0 Å². The maximum absolute atomic E-state index is 8.59. The average Bonchev–Trinajstić information content (AvgIpc) is 2.28. The quantitative estimate of drug-likeness (QED) is 0.558. The highest BCUT2D eigenvalue weighted by molar-refractivity contribution is 6.00. The largest absolute Gasteiger partial charge is 0.250 e. The van der Waals surface area contributed by atoms with Gasteiger partial charge in [0, 0.05) is 12.6 Å². The number of aliphatic imine (C=N–C) groups is 1. The smallest absolute Gasteiger partial charge is 0.121 e. The van der Waals surface area contributed by atoms with Gasteiger partial charge in [0.15, 0.2) is 0 Å². The van der Waals surface area contributed by atoms with Gasteiger partial charge in [-0.1, -0.05) is 18.6 Å². The van der Waals surface area contributed by atoms with E-state index in [0.29, 0.717) is 12.1 Å². The summed E-state index contributed by atoms with van der Waals surface area (Å²) in [5, 5.41) is 8.59. The third kappa shape index (κ3) is 2.05. The first-order valence-electron chi connectivity index (χ1n) is 3.68. The van der Waals surface area contributed by atoms with Crippen molar-refractivity contribution in [1.82, 2.24) is 0 Å². The van der Waals surface area contributed by atoms with Crippen LogP contribution in [0.5, 0.6) is 0 Å². The summed E-state index contributed by atoms with van der Waals surface area (Å²) in [5.41, 5.74) is 1.87. The van der Waals surface area contributed by atoms with Gasteiger partial charge in [-0.2, -0.15) is 5.26 Å². The molecule has 0 radical (unpaired) electrons. The second-order valence-electron chi connectivity index (χ2n) is 2.38. The zero-order valence-electron chi connectivity index (χ0n) is 6.54. The second-order valence-corrected chi connectivity index (χ2v) is 2.38. The maximum Gasteiger partial charge on any atom is 0.121 e. The van der Waals surface area contributed by atoms with Crippen LogP contribution in [0.1, 0.15) is 19.8 Å². The number of rotatable bonds is 1. The first kappa shape index (κ1) is 7.74. The summed E-state index contributed by atoms with van der Waals surface area (Å²) in [6.07, 6.45) is 7.27. The first-order valence-corrected chi connectivity index (χ1v) is 3.68. The molecule has 0 unspecified atom stereocenters. The molecule has 0 saturated heterocycles. The van der Waals surface area contributed by atoms with E-state index in [1.807, 2.05) is 12.2 Å². The van der Waals surface area contributed by atoms with Crippen molar-refractivity contribution in [2.45, 2.75) is 19.8 Å². The molecule has 1 aliphatic rings. The van der Waals surface area contributed by atoms with Crippen LogP contribution in [-0.4, -0.2) is 5.71 Å². The molecular weight excluding hydrogens is 136 g/mol. The molecule has 1 aliphatic heterocycles. The summed E-state index contributed by atoms with van der Waals surface area (Å²) >= 11 is 0. The minimum absolute atomic E-state index is 0.604. The Hall–Kier alpha value is -1.36. The molecule has 0 amide bonds. The Labute approximate surface area is 66.6 Å². The Kier molecular flexibility index (Phi) is 2.62. The molecule has 0 fully saturated rings. The molecule has 0 aromatic rings. The van der Waals surface area contributed by atoms with Crippen molar-refractivity contribution in [3.05, 3.63) is 23.9 Å². The highest BCUT2D eigenvalue weighted by atomic mass is 14.7. The Bertz CT molecular complexity index is 264. The standard InChI is InChI=1S/C9H10N2/c1-2-8-4-3-5-11-9(6-8)7-10/h3-5H,2,6H2,1H3. The molecule has 11 heavy (non-hydrogen) atoms. The van der Waals surface area contributed by atoms with Crippen LogP contribution in [0.4, 0.5) is 0 Å². The molecule has 2 nitrogen and oxygen atoms in total. The zero-order valence-corrected chi connectivity index (χ0v) is 6.54. The Balaban J connectivity index is 2.79. The number of allylic oxidation sites excluding steroid dienone is 3. The summed E-state index contributed by atoms with van der Waals surface area (Å²) in [5.74, 6) is 0. The van der Waals surface area contributed by atoms with E-state index in [9.17, 15) is 0 Å². The lowest BCUT2D eigenvalue weighted by molar-refractivity contribution is 1.06. The van der Waals surface area contributed by atoms with Crippen molar-refractivity contribution in [3.63, 3.8) is 0 Å². The molecule has 0 atom stereocenters. The summed E-state index contributed by atoms with van der Waals surface area (Å²) in [4.78, 5) is 3.96. The summed E-state index contributed by atoms with van der Waals surface area (Å²) in [7, 11) is 0. The third-order valence-corrected chi connectivity index (χ3v) is 1.63. The highest BCUT2D eigenvalue weighted by Crippen LogP contribution is 2.10. The molecule has 56 valence electrons. The fraction of sp³-hybridized carbons (Fsp3) is 0.333. The maximum atomic E-state index is 8.59. The fourth-order valence-electron chi connectivity index (χ4n) is 0.943. The van der Waals surface area contributed by atoms with E-state index in [1.165, 1.54) is 5.57 Å². The van der Waals surface area contributed by atoms with Crippen LogP contribution in [0.15, 0.2) is 28.9 Å². The molecule has 1 rings (SSSR count).